The number of rotatable bonds is 5. The maximum atomic E-state index is 13.9. The van der Waals surface area contributed by atoms with Crippen molar-refractivity contribution in [3.05, 3.63) is 86.0 Å². The van der Waals surface area contributed by atoms with Gasteiger partial charge in [-0.15, -0.1) is 10.2 Å². The highest BCUT2D eigenvalue weighted by Crippen LogP contribution is 2.42. The zero-order chi connectivity index (χ0) is 24.9. The Morgan fingerprint density at radius 1 is 1.17 bits per heavy atom. The van der Waals surface area contributed by atoms with E-state index in [9.17, 15) is 18.8 Å². The Kier molecular flexibility index (Phi) is 5.68. The molecule has 0 aliphatic carbocycles. The van der Waals surface area contributed by atoms with Crippen LogP contribution in [0.25, 0.3) is 11.0 Å². The number of esters is 1. The van der Waals surface area contributed by atoms with Gasteiger partial charge in [0, 0.05) is 6.42 Å². The normalized spacial score (nSPS) is 15.2. The lowest BCUT2D eigenvalue weighted by Gasteiger charge is -2.22. The second kappa shape index (κ2) is 8.70. The van der Waals surface area contributed by atoms with Crippen LogP contribution < -0.4 is 10.3 Å². The molecule has 2 aromatic carbocycles. The number of halogens is 1. The molecule has 8 nitrogen and oxygen atoms in total. The Labute approximate surface area is 203 Å². The molecule has 0 spiro atoms. The fourth-order valence-corrected chi connectivity index (χ4v) is 5.23. The van der Waals surface area contributed by atoms with E-state index in [4.69, 9.17) is 9.15 Å². The van der Waals surface area contributed by atoms with Crippen LogP contribution in [0.1, 0.15) is 56.9 Å². The standard InChI is InChI=1S/C25H20FN3O5S/c1-12(2)10-18-27-28-25(35-18)29-20(13-4-6-14(7-5-13)24(32)33-3)19-21(30)16-11-15(26)8-9-17(16)34-22(19)23(29)31/h4-9,11-12,20H,10H2,1-3H3/t20-/m0/s1. The number of aromatic nitrogens is 2. The third kappa shape index (κ3) is 3.89. The Balaban J connectivity index is 1.71. The minimum absolute atomic E-state index is 0.0346. The molecule has 1 aliphatic rings. The van der Waals surface area contributed by atoms with E-state index in [1.165, 1.54) is 35.5 Å². The van der Waals surface area contributed by atoms with Crippen molar-refractivity contribution in [3.63, 3.8) is 0 Å². The second-order valence-electron chi connectivity index (χ2n) is 8.58. The first-order valence-electron chi connectivity index (χ1n) is 10.9. The topological polar surface area (TPSA) is 103 Å². The van der Waals surface area contributed by atoms with Gasteiger partial charge in [0.05, 0.1) is 29.7 Å². The molecule has 2 aromatic heterocycles. The van der Waals surface area contributed by atoms with Gasteiger partial charge >= 0.3 is 5.97 Å². The van der Waals surface area contributed by atoms with Crippen LogP contribution >= 0.6 is 11.3 Å². The SMILES string of the molecule is COC(=O)c1ccc([C@H]2c3c(oc4ccc(F)cc4c3=O)C(=O)N2c2nnc(CC(C)C)s2)cc1. The first-order valence-corrected chi connectivity index (χ1v) is 11.7. The monoisotopic (exact) mass is 493 g/mol. The summed E-state index contributed by atoms with van der Waals surface area (Å²) in [5.74, 6) is -1.44. The molecule has 0 radical (unpaired) electrons. The minimum atomic E-state index is -0.895. The Morgan fingerprint density at radius 2 is 1.91 bits per heavy atom. The molecule has 1 aliphatic heterocycles. The predicted molar refractivity (Wildman–Crippen MR) is 127 cm³/mol. The number of hydrogen-bond donors (Lipinski definition) is 0. The van der Waals surface area contributed by atoms with Gasteiger partial charge in [0.15, 0.2) is 5.43 Å². The Bertz CT molecular complexity index is 1530. The number of benzene rings is 2. The van der Waals surface area contributed by atoms with Crippen LogP contribution in [-0.2, 0) is 11.2 Å². The molecule has 0 unspecified atom stereocenters. The van der Waals surface area contributed by atoms with Gasteiger partial charge in [-0.3, -0.25) is 14.5 Å². The van der Waals surface area contributed by atoms with E-state index in [-0.39, 0.29) is 22.3 Å². The van der Waals surface area contributed by atoms with Crippen molar-refractivity contribution in [3.8, 4) is 0 Å². The number of carbonyl (C=O) groups is 2. The zero-order valence-corrected chi connectivity index (χ0v) is 19.9. The molecule has 178 valence electrons. The summed E-state index contributed by atoms with van der Waals surface area (Å²) in [6.07, 6.45) is 0.686. The van der Waals surface area contributed by atoms with E-state index in [1.54, 1.807) is 24.3 Å². The molecule has 0 saturated carbocycles. The average molecular weight is 494 g/mol. The number of hydrogen-bond acceptors (Lipinski definition) is 8. The molecule has 10 heteroatoms. The van der Waals surface area contributed by atoms with Crippen molar-refractivity contribution in [2.24, 2.45) is 5.92 Å². The summed E-state index contributed by atoms with van der Waals surface area (Å²) < 4.78 is 24.5. The summed E-state index contributed by atoms with van der Waals surface area (Å²) in [6, 6.07) is 9.07. The van der Waals surface area contributed by atoms with Crippen LogP contribution in [0, 0.1) is 11.7 Å². The maximum absolute atomic E-state index is 13.9. The lowest BCUT2D eigenvalue weighted by Crippen LogP contribution is -2.29. The van der Waals surface area contributed by atoms with Gasteiger partial charge in [-0.25, -0.2) is 9.18 Å². The van der Waals surface area contributed by atoms with E-state index in [0.29, 0.717) is 28.6 Å². The zero-order valence-electron chi connectivity index (χ0n) is 19.1. The number of amides is 1. The highest BCUT2D eigenvalue weighted by Gasteiger charge is 2.45. The first-order chi connectivity index (χ1) is 16.8. The molecule has 0 N–H and O–H groups in total. The molecule has 1 amide bonds. The molecule has 0 fully saturated rings. The molecular formula is C25H20FN3O5S. The van der Waals surface area contributed by atoms with Crippen LogP contribution in [0.5, 0.6) is 0 Å². The first kappa shape index (κ1) is 22.9. The number of carbonyl (C=O) groups excluding carboxylic acids is 2. The summed E-state index contributed by atoms with van der Waals surface area (Å²) in [6.45, 7) is 4.10. The van der Waals surface area contributed by atoms with Crippen LogP contribution in [0.4, 0.5) is 9.52 Å². The van der Waals surface area contributed by atoms with Crippen molar-refractivity contribution in [1.29, 1.82) is 0 Å². The highest BCUT2D eigenvalue weighted by molar-refractivity contribution is 7.15. The summed E-state index contributed by atoms with van der Waals surface area (Å²) in [5, 5.41) is 9.55. The van der Waals surface area contributed by atoms with Gasteiger partial charge in [-0.05, 0) is 41.8 Å². The molecular weight excluding hydrogens is 473 g/mol. The van der Waals surface area contributed by atoms with Gasteiger partial charge in [0.1, 0.15) is 16.4 Å². The van der Waals surface area contributed by atoms with Gasteiger partial charge in [-0.1, -0.05) is 37.3 Å². The van der Waals surface area contributed by atoms with Crippen molar-refractivity contribution >= 4 is 39.3 Å². The Morgan fingerprint density at radius 3 is 2.60 bits per heavy atom. The maximum Gasteiger partial charge on any atom is 0.337 e. The minimum Gasteiger partial charge on any atom is -0.465 e. The van der Waals surface area contributed by atoms with Crippen molar-refractivity contribution in [1.82, 2.24) is 10.2 Å². The smallest absolute Gasteiger partial charge is 0.337 e. The molecule has 1 atom stereocenters. The second-order valence-corrected chi connectivity index (χ2v) is 9.62. The molecule has 0 saturated heterocycles. The quantitative estimate of drug-likeness (QED) is 0.377. The van der Waals surface area contributed by atoms with Crippen LogP contribution in [0.15, 0.2) is 51.7 Å². The van der Waals surface area contributed by atoms with Gasteiger partial charge in [0.2, 0.25) is 10.9 Å². The van der Waals surface area contributed by atoms with Crippen molar-refractivity contribution in [2.45, 2.75) is 26.3 Å². The predicted octanol–water partition coefficient (Wildman–Crippen LogP) is 4.52. The third-order valence-electron chi connectivity index (χ3n) is 5.72. The summed E-state index contributed by atoms with van der Waals surface area (Å²) in [7, 11) is 1.28. The van der Waals surface area contributed by atoms with Crippen molar-refractivity contribution in [2.75, 3.05) is 12.0 Å². The van der Waals surface area contributed by atoms with E-state index >= 15 is 0 Å². The molecule has 4 aromatic rings. The molecule has 3 heterocycles. The Hall–Kier alpha value is -3.92. The third-order valence-corrected chi connectivity index (χ3v) is 6.67. The van der Waals surface area contributed by atoms with E-state index in [2.05, 4.69) is 24.0 Å². The average Bonchev–Trinajstić information content (AvgIpc) is 3.41. The largest absolute Gasteiger partial charge is 0.465 e. The summed E-state index contributed by atoms with van der Waals surface area (Å²) in [4.78, 5) is 40.4. The lowest BCUT2D eigenvalue weighted by atomic mass is 9.97. The number of nitrogens with zero attached hydrogens (tertiary/aromatic N) is 3. The number of ether oxygens (including phenoxy) is 1. The van der Waals surface area contributed by atoms with E-state index < -0.39 is 29.2 Å². The molecule has 35 heavy (non-hydrogen) atoms. The number of methoxy groups -OCH3 is 1. The highest BCUT2D eigenvalue weighted by atomic mass is 32.1. The molecule has 5 rings (SSSR count). The summed E-state index contributed by atoms with van der Waals surface area (Å²) in [5.41, 5.74) is 0.552. The fourth-order valence-electron chi connectivity index (χ4n) is 4.15. The van der Waals surface area contributed by atoms with E-state index in [0.717, 1.165) is 11.1 Å². The van der Waals surface area contributed by atoms with Crippen molar-refractivity contribution < 1.29 is 23.1 Å². The van der Waals surface area contributed by atoms with Gasteiger partial charge in [-0.2, -0.15) is 0 Å². The van der Waals surface area contributed by atoms with Gasteiger partial charge < -0.3 is 9.15 Å². The van der Waals surface area contributed by atoms with Crippen LogP contribution in [0.3, 0.4) is 0 Å². The van der Waals surface area contributed by atoms with E-state index in [1.807, 2.05) is 0 Å². The van der Waals surface area contributed by atoms with Gasteiger partial charge in [0.25, 0.3) is 5.91 Å². The van der Waals surface area contributed by atoms with Crippen LogP contribution in [0.2, 0.25) is 0 Å². The summed E-state index contributed by atoms with van der Waals surface area (Å²) >= 11 is 1.26. The fraction of sp³-hybridized carbons (Fsp3) is 0.240. The lowest BCUT2D eigenvalue weighted by molar-refractivity contribution is 0.0600. The molecule has 0 bridgehead atoms. The van der Waals surface area contributed by atoms with Crippen LogP contribution in [-0.4, -0.2) is 29.2 Å². The number of anilines is 1. The number of fused-ring (bicyclic) bond motifs is 2.